The van der Waals surface area contributed by atoms with Crippen molar-refractivity contribution in [2.75, 3.05) is 33.4 Å². The molecule has 1 fully saturated rings. The average molecular weight is 332 g/mol. The first-order valence-corrected chi connectivity index (χ1v) is 8.74. The Hall–Kier alpha value is -1.53. The van der Waals surface area contributed by atoms with Crippen LogP contribution in [0.3, 0.4) is 0 Å². The van der Waals surface area contributed by atoms with Gasteiger partial charge >= 0.3 is 0 Å². The molecule has 2 aliphatic heterocycles. The van der Waals surface area contributed by atoms with Gasteiger partial charge in [-0.1, -0.05) is 20.8 Å². The molecule has 0 N–H and O–H groups in total. The van der Waals surface area contributed by atoms with Crippen LogP contribution in [0, 0.1) is 5.92 Å². The zero-order valence-corrected chi connectivity index (χ0v) is 15.2. The molecule has 2 aliphatic rings. The number of likely N-dealkylation sites (tertiary alicyclic amines) is 1. The van der Waals surface area contributed by atoms with Gasteiger partial charge in [0, 0.05) is 43.9 Å². The lowest BCUT2D eigenvalue weighted by Gasteiger charge is -2.20. The van der Waals surface area contributed by atoms with E-state index in [2.05, 4.69) is 30.7 Å². The van der Waals surface area contributed by atoms with Gasteiger partial charge in [-0.3, -0.25) is 4.79 Å². The molecule has 6 nitrogen and oxygen atoms in total. The molecule has 0 bridgehead atoms. The number of fused-ring (bicyclic) bond motifs is 1. The zero-order chi connectivity index (χ0) is 17.3. The van der Waals surface area contributed by atoms with Crippen molar-refractivity contribution in [1.29, 1.82) is 0 Å². The SMILES string of the molecule is COCCN1CC[C@@H](C(=O)N2Cc3cnc(C(C)(C)C)nc3C2)C1. The summed E-state index contributed by atoms with van der Waals surface area (Å²) in [5, 5.41) is 0. The van der Waals surface area contributed by atoms with Crippen molar-refractivity contribution in [3.63, 3.8) is 0 Å². The lowest BCUT2D eigenvalue weighted by Crippen LogP contribution is -2.34. The summed E-state index contributed by atoms with van der Waals surface area (Å²) in [5.74, 6) is 1.21. The Morgan fingerprint density at radius 2 is 2.17 bits per heavy atom. The molecule has 0 aliphatic carbocycles. The molecular weight excluding hydrogens is 304 g/mol. The molecule has 0 aromatic carbocycles. The molecule has 132 valence electrons. The van der Waals surface area contributed by atoms with Crippen LogP contribution in [0.15, 0.2) is 6.20 Å². The van der Waals surface area contributed by atoms with E-state index in [1.165, 1.54) is 0 Å². The van der Waals surface area contributed by atoms with Crippen molar-refractivity contribution in [3.8, 4) is 0 Å². The normalized spacial score (nSPS) is 21.3. The Morgan fingerprint density at radius 1 is 1.38 bits per heavy atom. The molecule has 0 unspecified atom stereocenters. The Kier molecular flexibility index (Phi) is 4.88. The predicted octanol–water partition coefficient (Wildman–Crippen LogP) is 1.58. The Balaban J connectivity index is 1.62. The number of carbonyl (C=O) groups excluding carboxylic acids is 1. The maximum Gasteiger partial charge on any atom is 0.227 e. The van der Waals surface area contributed by atoms with Crippen molar-refractivity contribution in [2.45, 2.75) is 45.7 Å². The second-order valence-electron chi connectivity index (χ2n) is 7.89. The van der Waals surface area contributed by atoms with Gasteiger partial charge in [-0.05, 0) is 13.0 Å². The summed E-state index contributed by atoms with van der Waals surface area (Å²) < 4.78 is 5.13. The van der Waals surface area contributed by atoms with Crippen LogP contribution in [0.25, 0.3) is 0 Å². The van der Waals surface area contributed by atoms with E-state index >= 15 is 0 Å². The fourth-order valence-corrected chi connectivity index (χ4v) is 3.39. The summed E-state index contributed by atoms with van der Waals surface area (Å²) in [5.41, 5.74) is 2.03. The van der Waals surface area contributed by atoms with Crippen LogP contribution in [0.5, 0.6) is 0 Å². The van der Waals surface area contributed by atoms with Crippen LogP contribution in [0.4, 0.5) is 0 Å². The number of ether oxygens (including phenoxy) is 1. The number of aromatic nitrogens is 2. The molecule has 1 atom stereocenters. The number of methoxy groups -OCH3 is 1. The highest BCUT2D eigenvalue weighted by Crippen LogP contribution is 2.27. The third-order valence-corrected chi connectivity index (χ3v) is 4.87. The van der Waals surface area contributed by atoms with Crippen LogP contribution in [0.1, 0.15) is 44.3 Å². The first-order chi connectivity index (χ1) is 11.4. The van der Waals surface area contributed by atoms with E-state index in [0.29, 0.717) is 13.1 Å². The summed E-state index contributed by atoms with van der Waals surface area (Å²) in [6, 6.07) is 0. The quantitative estimate of drug-likeness (QED) is 0.838. The van der Waals surface area contributed by atoms with Gasteiger partial charge in [0.2, 0.25) is 5.91 Å². The molecular formula is C18H28N4O2. The molecule has 1 amide bonds. The summed E-state index contributed by atoms with van der Waals surface area (Å²) in [7, 11) is 1.72. The van der Waals surface area contributed by atoms with E-state index in [1.54, 1.807) is 7.11 Å². The zero-order valence-electron chi connectivity index (χ0n) is 15.2. The molecule has 1 aromatic rings. The third kappa shape index (κ3) is 3.59. The second kappa shape index (κ2) is 6.76. The van der Waals surface area contributed by atoms with Crippen LogP contribution in [-0.2, 0) is 28.0 Å². The van der Waals surface area contributed by atoms with Crippen LogP contribution in [0.2, 0.25) is 0 Å². The summed E-state index contributed by atoms with van der Waals surface area (Å²) in [4.78, 5) is 26.3. The molecule has 0 saturated carbocycles. The number of rotatable bonds is 4. The molecule has 0 radical (unpaired) electrons. The van der Waals surface area contributed by atoms with Gasteiger partial charge in [-0.15, -0.1) is 0 Å². The van der Waals surface area contributed by atoms with Crippen LogP contribution >= 0.6 is 0 Å². The maximum absolute atomic E-state index is 12.8. The molecule has 3 rings (SSSR count). The van der Waals surface area contributed by atoms with Crippen LogP contribution < -0.4 is 0 Å². The first kappa shape index (κ1) is 17.3. The van der Waals surface area contributed by atoms with Crippen molar-refractivity contribution < 1.29 is 9.53 Å². The number of hydrogen-bond acceptors (Lipinski definition) is 5. The highest BCUT2D eigenvalue weighted by Gasteiger charge is 2.34. The molecule has 1 aromatic heterocycles. The smallest absolute Gasteiger partial charge is 0.227 e. The molecule has 1 saturated heterocycles. The second-order valence-corrected chi connectivity index (χ2v) is 7.89. The van der Waals surface area contributed by atoms with E-state index in [-0.39, 0.29) is 17.2 Å². The van der Waals surface area contributed by atoms with Gasteiger partial charge < -0.3 is 14.5 Å². The van der Waals surface area contributed by atoms with E-state index in [4.69, 9.17) is 9.72 Å². The van der Waals surface area contributed by atoms with Crippen LogP contribution in [-0.4, -0.2) is 59.0 Å². The molecule has 6 heteroatoms. The minimum absolute atomic E-state index is 0.0697. The van der Waals surface area contributed by atoms with Gasteiger partial charge in [0.05, 0.1) is 24.8 Å². The lowest BCUT2D eigenvalue weighted by molar-refractivity contribution is -0.135. The summed E-state index contributed by atoms with van der Waals surface area (Å²) >= 11 is 0. The van der Waals surface area contributed by atoms with Gasteiger partial charge in [0.25, 0.3) is 0 Å². The number of hydrogen-bond donors (Lipinski definition) is 0. The minimum atomic E-state index is -0.0697. The highest BCUT2D eigenvalue weighted by atomic mass is 16.5. The molecule has 24 heavy (non-hydrogen) atoms. The first-order valence-electron chi connectivity index (χ1n) is 8.74. The average Bonchev–Trinajstić information content (AvgIpc) is 3.17. The highest BCUT2D eigenvalue weighted by molar-refractivity contribution is 5.80. The van der Waals surface area contributed by atoms with Crippen molar-refractivity contribution >= 4 is 5.91 Å². The Morgan fingerprint density at radius 3 is 2.88 bits per heavy atom. The van der Waals surface area contributed by atoms with Gasteiger partial charge in [-0.25, -0.2) is 9.97 Å². The minimum Gasteiger partial charge on any atom is -0.383 e. The monoisotopic (exact) mass is 332 g/mol. The summed E-state index contributed by atoms with van der Waals surface area (Å²) in [6.07, 6.45) is 2.84. The van der Waals surface area contributed by atoms with Gasteiger partial charge in [0.1, 0.15) is 5.82 Å². The molecule has 3 heterocycles. The topological polar surface area (TPSA) is 58.6 Å². The van der Waals surface area contributed by atoms with E-state index in [0.717, 1.165) is 49.7 Å². The van der Waals surface area contributed by atoms with Crippen molar-refractivity contribution in [3.05, 3.63) is 23.3 Å². The standard InChI is InChI=1S/C18H28N4O2/c1-18(2,3)17-19-9-14-11-22(12-15(14)20-17)16(23)13-5-6-21(10-13)7-8-24-4/h9,13H,5-8,10-12H2,1-4H3/t13-/m1/s1. The fourth-order valence-electron chi connectivity index (χ4n) is 3.39. The summed E-state index contributed by atoms with van der Waals surface area (Å²) in [6.45, 7) is 11.0. The number of amides is 1. The third-order valence-electron chi connectivity index (χ3n) is 4.87. The van der Waals surface area contributed by atoms with Gasteiger partial charge in [0.15, 0.2) is 0 Å². The largest absolute Gasteiger partial charge is 0.383 e. The Labute approximate surface area is 144 Å². The van der Waals surface area contributed by atoms with Crippen molar-refractivity contribution in [1.82, 2.24) is 19.8 Å². The molecule has 0 spiro atoms. The predicted molar refractivity (Wildman–Crippen MR) is 91.4 cm³/mol. The van der Waals surface area contributed by atoms with E-state index < -0.39 is 0 Å². The lowest BCUT2D eigenvalue weighted by atomic mass is 9.95. The van der Waals surface area contributed by atoms with Gasteiger partial charge in [-0.2, -0.15) is 0 Å². The fraction of sp³-hybridized carbons (Fsp3) is 0.722. The van der Waals surface area contributed by atoms with Crippen molar-refractivity contribution in [2.24, 2.45) is 5.92 Å². The van der Waals surface area contributed by atoms with E-state index in [1.807, 2.05) is 11.1 Å². The van der Waals surface area contributed by atoms with E-state index in [9.17, 15) is 4.79 Å². The number of nitrogens with zero attached hydrogens (tertiary/aromatic N) is 4. The number of carbonyl (C=O) groups is 1. The Bertz CT molecular complexity index is 612. The maximum atomic E-state index is 12.8.